The number of hydrogen-bond donors (Lipinski definition) is 0. The third-order valence-corrected chi connectivity index (χ3v) is 6.13. The first-order chi connectivity index (χ1) is 15.4. The summed E-state index contributed by atoms with van der Waals surface area (Å²) >= 11 is 6.04. The molecular formula is C28H32ClFN2. The van der Waals surface area contributed by atoms with Gasteiger partial charge in [0.1, 0.15) is 12.1 Å². The molecule has 0 N–H and O–H groups in total. The molecule has 0 saturated carbocycles. The van der Waals surface area contributed by atoms with Gasteiger partial charge in [0, 0.05) is 5.39 Å². The summed E-state index contributed by atoms with van der Waals surface area (Å²) in [6.45, 7) is 8.84. The molecule has 2 nitrogen and oxygen atoms in total. The van der Waals surface area contributed by atoms with Gasteiger partial charge in [0.2, 0.25) is 0 Å². The Kier molecular flexibility index (Phi) is 8.58. The Labute approximate surface area is 196 Å². The van der Waals surface area contributed by atoms with Crippen molar-refractivity contribution >= 4 is 28.1 Å². The highest BCUT2D eigenvalue weighted by Gasteiger charge is 2.13. The second-order valence-electron chi connectivity index (χ2n) is 8.82. The predicted molar refractivity (Wildman–Crippen MR) is 135 cm³/mol. The van der Waals surface area contributed by atoms with Gasteiger partial charge >= 0.3 is 0 Å². The maximum absolute atomic E-state index is 13.7. The van der Waals surface area contributed by atoms with Crippen molar-refractivity contribution in [2.24, 2.45) is 5.92 Å². The number of allylic oxidation sites excluding steroid dienone is 4. The molecular weight excluding hydrogens is 419 g/mol. The van der Waals surface area contributed by atoms with Crippen LogP contribution in [0.25, 0.3) is 16.5 Å². The normalized spacial score (nSPS) is 13.4. The molecule has 0 amide bonds. The van der Waals surface area contributed by atoms with Crippen LogP contribution in [0.2, 0.25) is 5.02 Å². The molecule has 1 atom stereocenters. The van der Waals surface area contributed by atoms with Crippen molar-refractivity contribution in [1.82, 2.24) is 9.97 Å². The number of nitrogens with zero attached hydrogens (tertiary/aromatic N) is 2. The quantitative estimate of drug-likeness (QED) is 0.305. The van der Waals surface area contributed by atoms with Crippen molar-refractivity contribution in [1.29, 1.82) is 0 Å². The number of rotatable bonds is 9. The molecule has 0 aliphatic heterocycles. The maximum atomic E-state index is 13.7. The fraction of sp³-hybridized carbons (Fsp3) is 0.357. The lowest BCUT2D eigenvalue weighted by Gasteiger charge is -2.14. The van der Waals surface area contributed by atoms with Gasteiger partial charge in [-0.15, -0.1) is 0 Å². The van der Waals surface area contributed by atoms with Crippen LogP contribution in [0.1, 0.15) is 69.7 Å². The summed E-state index contributed by atoms with van der Waals surface area (Å²) in [5.41, 5.74) is 5.27. The number of fused-ring (bicyclic) bond motifs is 1. The standard InChI is InChI=1S/C28H32ClFN2/c1-5-20(4)28-24-17-23(12-14-27(24)31-18-32-28)22(10-8-6-7-9-19(2)3)15-21-11-13-26(30)25(29)16-21/h6,8,10-14,16-20H,5,7,9,15H2,1-4H3. The molecule has 0 spiro atoms. The van der Waals surface area contributed by atoms with E-state index in [4.69, 9.17) is 11.6 Å². The summed E-state index contributed by atoms with van der Waals surface area (Å²) in [4.78, 5) is 9.05. The molecule has 0 saturated heterocycles. The van der Waals surface area contributed by atoms with Crippen LogP contribution in [0.4, 0.5) is 4.39 Å². The minimum Gasteiger partial charge on any atom is -0.240 e. The highest BCUT2D eigenvalue weighted by molar-refractivity contribution is 6.30. The molecule has 0 aliphatic rings. The van der Waals surface area contributed by atoms with E-state index in [-0.39, 0.29) is 5.02 Å². The highest BCUT2D eigenvalue weighted by atomic mass is 35.5. The number of benzene rings is 2. The minimum atomic E-state index is -0.393. The molecule has 2 aromatic carbocycles. The molecule has 0 radical (unpaired) electrons. The predicted octanol–water partition coefficient (Wildman–Crippen LogP) is 8.55. The average molecular weight is 451 g/mol. The van der Waals surface area contributed by atoms with Gasteiger partial charge in [0.25, 0.3) is 0 Å². The summed E-state index contributed by atoms with van der Waals surface area (Å²) in [5.74, 6) is 0.648. The highest BCUT2D eigenvalue weighted by Crippen LogP contribution is 2.29. The molecule has 3 aromatic rings. The van der Waals surface area contributed by atoms with Gasteiger partial charge in [-0.3, -0.25) is 0 Å². The Hall–Kier alpha value is -2.52. The summed E-state index contributed by atoms with van der Waals surface area (Å²) in [6, 6.07) is 11.3. The Morgan fingerprint density at radius 3 is 2.62 bits per heavy atom. The van der Waals surface area contributed by atoms with Crippen LogP contribution in [-0.2, 0) is 6.42 Å². The van der Waals surface area contributed by atoms with E-state index < -0.39 is 5.82 Å². The number of halogens is 2. The van der Waals surface area contributed by atoms with Crippen LogP contribution >= 0.6 is 11.6 Å². The van der Waals surface area contributed by atoms with Crippen LogP contribution < -0.4 is 0 Å². The van der Waals surface area contributed by atoms with Crippen molar-refractivity contribution in [2.75, 3.05) is 0 Å². The molecule has 4 heteroatoms. The van der Waals surface area contributed by atoms with Gasteiger partial charge in [0.05, 0.1) is 16.2 Å². The lowest BCUT2D eigenvalue weighted by molar-refractivity contribution is 0.594. The first-order valence-corrected chi connectivity index (χ1v) is 11.8. The van der Waals surface area contributed by atoms with Crippen molar-refractivity contribution < 1.29 is 4.39 Å². The SMILES string of the molecule is CCC(C)c1ncnc2ccc(C(=CC=CCCC(C)C)Cc3ccc(F)c(Cl)c3)cc12. The Bertz CT molecular complexity index is 1120. The topological polar surface area (TPSA) is 25.8 Å². The second-order valence-corrected chi connectivity index (χ2v) is 9.22. The third-order valence-electron chi connectivity index (χ3n) is 5.84. The van der Waals surface area contributed by atoms with Gasteiger partial charge in [-0.25, -0.2) is 14.4 Å². The molecule has 1 heterocycles. The van der Waals surface area contributed by atoms with E-state index in [9.17, 15) is 4.39 Å². The van der Waals surface area contributed by atoms with Crippen molar-refractivity contribution in [2.45, 2.75) is 59.3 Å². The lowest BCUT2D eigenvalue weighted by Crippen LogP contribution is -1.99. The Morgan fingerprint density at radius 1 is 1.09 bits per heavy atom. The molecule has 0 bridgehead atoms. The van der Waals surface area contributed by atoms with E-state index >= 15 is 0 Å². The zero-order chi connectivity index (χ0) is 23.1. The lowest BCUT2D eigenvalue weighted by atomic mass is 9.94. The van der Waals surface area contributed by atoms with E-state index in [0.717, 1.165) is 46.1 Å². The summed E-state index contributed by atoms with van der Waals surface area (Å²) in [5, 5.41) is 1.24. The Morgan fingerprint density at radius 2 is 1.91 bits per heavy atom. The fourth-order valence-electron chi connectivity index (χ4n) is 3.70. The summed E-state index contributed by atoms with van der Waals surface area (Å²) in [6.07, 6.45) is 12.0. The first-order valence-electron chi connectivity index (χ1n) is 11.4. The second kappa shape index (κ2) is 11.4. The van der Waals surface area contributed by atoms with Crippen LogP contribution in [0.3, 0.4) is 0 Å². The third kappa shape index (κ3) is 6.26. The van der Waals surface area contributed by atoms with Crippen LogP contribution in [0, 0.1) is 11.7 Å². The maximum Gasteiger partial charge on any atom is 0.141 e. The molecule has 1 unspecified atom stereocenters. The molecule has 1 aromatic heterocycles. The monoisotopic (exact) mass is 450 g/mol. The van der Waals surface area contributed by atoms with Crippen LogP contribution in [0.15, 0.2) is 61.0 Å². The van der Waals surface area contributed by atoms with E-state index in [1.165, 1.54) is 12.5 Å². The van der Waals surface area contributed by atoms with Crippen LogP contribution in [0.5, 0.6) is 0 Å². The van der Waals surface area contributed by atoms with E-state index in [1.54, 1.807) is 18.5 Å². The largest absolute Gasteiger partial charge is 0.240 e. The van der Waals surface area contributed by atoms with Crippen LogP contribution in [-0.4, -0.2) is 9.97 Å². The van der Waals surface area contributed by atoms with Gasteiger partial charge in [-0.1, -0.05) is 69.7 Å². The zero-order valence-electron chi connectivity index (χ0n) is 19.4. The molecule has 168 valence electrons. The van der Waals surface area contributed by atoms with E-state index in [0.29, 0.717) is 18.3 Å². The van der Waals surface area contributed by atoms with Gasteiger partial charge in [-0.05, 0) is 78.5 Å². The van der Waals surface area contributed by atoms with Gasteiger partial charge in [-0.2, -0.15) is 0 Å². The van der Waals surface area contributed by atoms with Crippen molar-refractivity contribution in [3.63, 3.8) is 0 Å². The zero-order valence-corrected chi connectivity index (χ0v) is 20.2. The first kappa shape index (κ1) is 24.1. The van der Waals surface area contributed by atoms with Crippen molar-refractivity contribution in [3.05, 3.63) is 88.6 Å². The van der Waals surface area contributed by atoms with Gasteiger partial charge < -0.3 is 0 Å². The molecule has 32 heavy (non-hydrogen) atoms. The molecule has 0 aliphatic carbocycles. The molecule has 0 fully saturated rings. The van der Waals surface area contributed by atoms with Gasteiger partial charge in [0.15, 0.2) is 0 Å². The smallest absolute Gasteiger partial charge is 0.141 e. The Balaban J connectivity index is 2.01. The number of hydrogen-bond acceptors (Lipinski definition) is 2. The number of aromatic nitrogens is 2. The minimum absolute atomic E-state index is 0.153. The summed E-state index contributed by atoms with van der Waals surface area (Å²) < 4.78 is 13.7. The average Bonchev–Trinajstić information content (AvgIpc) is 2.79. The van der Waals surface area contributed by atoms with E-state index in [2.05, 4.69) is 74.1 Å². The summed E-state index contributed by atoms with van der Waals surface area (Å²) in [7, 11) is 0. The van der Waals surface area contributed by atoms with E-state index in [1.807, 2.05) is 0 Å². The molecule has 3 rings (SSSR count). The van der Waals surface area contributed by atoms with Crippen molar-refractivity contribution in [3.8, 4) is 0 Å². The fourth-order valence-corrected chi connectivity index (χ4v) is 3.90.